The van der Waals surface area contributed by atoms with Crippen molar-refractivity contribution in [1.29, 1.82) is 0 Å². The number of aryl methyl sites for hydroxylation is 2. The van der Waals surface area contributed by atoms with Gasteiger partial charge in [0.1, 0.15) is 0 Å². The summed E-state index contributed by atoms with van der Waals surface area (Å²) in [4.78, 5) is 16.6. The van der Waals surface area contributed by atoms with Gasteiger partial charge in [0.2, 0.25) is 5.82 Å². The summed E-state index contributed by atoms with van der Waals surface area (Å²) < 4.78 is 40.3. The molecule has 0 spiro atoms. The Hall–Kier alpha value is -2.84. The molecule has 6 nitrogen and oxygen atoms in total. The third-order valence-corrected chi connectivity index (χ3v) is 5.98. The molecular formula is C21H24F3N5O. The maximum Gasteiger partial charge on any atom is 0.449 e. The summed E-state index contributed by atoms with van der Waals surface area (Å²) in [5, 5.41) is 9.94. The Morgan fingerprint density at radius 1 is 1.27 bits per heavy atom. The highest BCUT2D eigenvalue weighted by molar-refractivity contribution is 6.04. The van der Waals surface area contributed by atoms with Crippen molar-refractivity contribution >= 4 is 22.6 Å². The number of hydrogen-bond donors (Lipinski definition) is 2. The number of H-pyrrole nitrogens is 1. The van der Waals surface area contributed by atoms with Crippen molar-refractivity contribution in [2.24, 2.45) is 18.4 Å². The monoisotopic (exact) mass is 419 g/mol. The molecule has 0 aliphatic heterocycles. The molecule has 0 unspecified atom stereocenters. The van der Waals surface area contributed by atoms with Crippen LogP contribution in [0.15, 0.2) is 18.2 Å². The number of rotatable bonds is 2. The topological polar surface area (TPSA) is 75.6 Å². The van der Waals surface area contributed by atoms with E-state index in [2.05, 4.69) is 41.3 Å². The number of nitrogens with one attached hydrogen (secondary N) is 2. The van der Waals surface area contributed by atoms with Crippen molar-refractivity contribution in [2.75, 3.05) is 5.32 Å². The van der Waals surface area contributed by atoms with E-state index in [-0.39, 0.29) is 16.8 Å². The van der Waals surface area contributed by atoms with Gasteiger partial charge >= 0.3 is 6.18 Å². The van der Waals surface area contributed by atoms with Crippen molar-refractivity contribution < 1.29 is 18.0 Å². The first-order valence-corrected chi connectivity index (χ1v) is 9.86. The normalized spacial score (nSPS) is 17.2. The highest BCUT2D eigenvalue weighted by atomic mass is 19.4. The van der Waals surface area contributed by atoms with Crippen LogP contribution < -0.4 is 5.32 Å². The van der Waals surface area contributed by atoms with Crippen molar-refractivity contribution in [3.05, 3.63) is 41.0 Å². The molecule has 0 saturated heterocycles. The zero-order valence-corrected chi connectivity index (χ0v) is 17.3. The Kier molecular flexibility index (Phi) is 4.67. The van der Waals surface area contributed by atoms with Gasteiger partial charge in [-0.2, -0.15) is 18.3 Å². The Morgan fingerprint density at radius 2 is 2.00 bits per heavy atom. The minimum atomic E-state index is -4.55. The van der Waals surface area contributed by atoms with E-state index in [1.54, 1.807) is 6.07 Å². The lowest BCUT2D eigenvalue weighted by atomic mass is 9.71. The molecule has 160 valence electrons. The number of carbonyl (C=O) groups excluding carboxylic acids is 1. The number of nitrogens with zero attached hydrogens (tertiary/aromatic N) is 3. The van der Waals surface area contributed by atoms with E-state index in [0.717, 1.165) is 35.1 Å². The number of alkyl halides is 3. The zero-order chi connectivity index (χ0) is 21.8. The second-order valence-corrected chi connectivity index (χ2v) is 8.98. The van der Waals surface area contributed by atoms with E-state index in [0.29, 0.717) is 22.8 Å². The Morgan fingerprint density at radius 3 is 2.67 bits per heavy atom. The van der Waals surface area contributed by atoms with Gasteiger partial charge in [-0.15, -0.1) is 0 Å². The number of aromatic nitrogens is 4. The van der Waals surface area contributed by atoms with E-state index in [1.807, 2.05) is 0 Å². The highest BCUT2D eigenvalue weighted by Crippen LogP contribution is 2.38. The Bertz CT molecular complexity index is 1120. The molecule has 0 bridgehead atoms. The number of hydrogen-bond acceptors (Lipinski definition) is 3. The van der Waals surface area contributed by atoms with Crippen LogP contribution in [0.1, 0.15) is 54.8 Å². The van der Waals surface area contributed by atoms with Crippen LogP contribution in [0.5, 0.6) is 0 Å². The molecule has 4 rings (SSSR count). The van der Waals surface area contributed by atoms with Gasteiger partial charge in [-0.1, -0.05) is 20.8 Å². The first-order valence-electron chi connectivity index (χ1n) is 9.86. The molecule has 0 saturated carbocycles. The highest BCUT2D eigenvalue weighted by Gasteiger charge is 2.37. The smallest absolute Gasteiger partial charge is 0.323 e. The van der Waals surface area contributed by atoms with Gasteiger partial charge in [0.05, 0.1) is 11.0 Å². The molecule has 1 aliphatic rings. The van der Waals surface area contributed by atoms with Gasteiger partial charge in [0, 0.05) is 24.0 Å². The predicted octanol–water partition coefficient (Wildman–Crippen LogP) is 4.72. The van der Waals surface area contributed by atoms with Crippen LogP contribution in [0.2, 0.25) is 0 Å². The number of aromatic amines is 1. The quantitative estimate of drug-likeness (QED) is 0.631. The molecule has 2 heterocycles. The molecule has 2 N–H and O–H groups in total. The van der Waals surface area contributed by atoms with Crippen molar-refractivity contribution in [2.45, 2.75) is 46.2 Å². The summed E-state index contributed by atoms with van der Waals surface area (Å²) in [5.41, 5.74) is 3.26. The Balaban J connectivity index is 1.60. The number of amides is 1. The van der Waals surface area contributed by atoms with E-state index >= 15 is 0 Å². The van der Waals surface area contributed by atoms with Crippen molar-refractivity contribution in [3.63, 3.8) is 0 Å². The van der Waals surface area contributed by atoms with Gasteiger partial charge in [-0.3, -0.25) is 9.89 Å². The maximum atomic E-state index is 13.1. The lowest BCUT2D eigenvalue weighted by Crippen LogP contribution is -2.28. The van der Waals surface area contributed by atoms with Crippen LogP contribution in [0.3, 0.4) is 0 Å². The molecule has 2 aromatic heterocycles. The number of anilines is 1. The van der Waals surface area contributed by atoms with E-state index in [9.17, 15) is 18.0 Å². The number of benzene rings is 1. The van der Waals surface area contributed by atoms with Crippen LogP contribution in [-0.2, 0) is 26.1 Å². The van der Waals surface area contributed by atoms with E-state index in [1.165, 1.54) is 19.2 Å². The van der Waals surface area contributed by atoms with Crippen LogP contribution in [-0.4, -0.2) is 25.7 Å². The lowest BCUT2D eigenvalue weighted by molar-refractivity contribution is -0.146. The molecule has 30 heavy (non-hydrogen) atoms. The average molecular weight is 419 g/mol. The lowest BCUT2D eigenvalue weighted by Gasteiger charge is -2.33. The van der Waals surface area contributed by atoms with E-state index < -0.39 is 12.0 Å². The minimum absolute atomic E-state index is 0.128. The van der Waals surface area contributed by atoms with Crippen LogP contribution >= 0.6 is 0 Å². The second-order valence-electron chi connectivity index (χ2n) is 8.98. The summed E-state index contributed by atoms with van der Waals surface area (Å²) in [5.74, 6) is -0.913. The molecule has 1 aliphatic carbocycles. The zero-order valence-electron chi connectivity index (χ0n) is 17.3. The maximum absolute atomic E-state index is 13.1. The molecule has 3 aromatic rings. The molecule has 1 amide bonds. The van der Waals surface area contributed by atoms with Gasteiger partial charge in [0.15, 0.2) is 5.69 Å². The molecular weight excluding hydrogens is 395 g/mol. The van der Waals surface area contributed by atoms with Gasteiger partial charge in [-0.05, 0) is 48.8 Å². The standard InChI is InChI=1S/C21H24F3N5O/c1-20(2,3)11-5-7-14-13(9-11)17(28-27-14)18(30)25-12-6-8-16-15(10-12)26-19(29(16)4)21(22,23)24/h6,8,10-11H,5,7,9H2,1-4H3,(H,25,30)(H,27,28)/t11-/m1/s1. The number of carbonyl (C=O) groups is 1. The Labute approximate surface area is 171 Å². The number of imidazole rings is 1. The fourth-order valence-electron chi connectivity index (χ4n) is 4.14. The number of fused-ring (bicyclic) bond motifs is 2. The first-order chi connectivity index (χ1) is 13.9. The molecule has 0 radical (unpaired) electrons. The molecule has 1 atom stereocenters. The second kappa shape index (κ2) is 6.85. The minimum Gasteiger partial charge on any atom is -0.323 e. The molecule has 0 fully saturated rings. The van der Waals surface area contributed by atoms with Gasteiger partial charge in [-0.25, -0.2) is 4.98 Å². The van der Waals surface area contributed by atoms with Gasteiger partial charge < -0.3 is 9.88 Å². The van der Waals surface area contributed by atoms with Crippen LogP contribution in [0.4, 0.5) is 18.9 Å². The fourth-order valence-corrected chi connectivity index (χ4v) is 4.14. The SMILES string of the molecule is Cn1c(C(F)(F)F)nc2cc(NC(=O)c3n[nH]c4c3C[C@H](C(C)(C)C)CC4)ccc21. The van der Waals surface area contributed by atoms with Crippen LogP contribution in [0, 0.1) is 11.3 Å². The van der Waals surface area contributed by atoms with E-state index in [4.69, 9.17) is 0 Å². The fraction of sp³-hybridized carbons (Fsp3) is 0.476. The average Bonchev–Trinajstić information content (AvgIpc) is 3.21. The van der Waals surface area contributed by atoms with Crippen molar-refractivity contribution in [1.82, 2.24) is 19.7 Å². The van der Waals surface area contributed by atoms with Gasteiger partial charge in [0.25, 0.3) is 5.91 Å². The third kappa shape index (κ3) is 3.57. The summed E-state index contributed by atoms with van der Waals surface area (Å²) in [6.45, 7) is 6.58. The summed E-state index contributed by atoms with van der Waals surface area (Å²) in [6.07, 6.45) is -1.89. The molecule has 1 aromatic carbocycles. The number of halogens is 3. The summed E-state index contributed by atoms with van der Waals surface area (Å²) in [7, 11) is 1.32. The largest absolute Gasteiger partial charge is 0.449 e. The predicted molar refractivity (Wildman–Crippen MR) is 107 cm³/mol. The molecule has 9 heteroatoms. The third-order valence-electron chi connectivity index (χ3n) is 5.98. The first kappa shape index (κ1) is 20.4. The summed E-state index contributed by atoms with van der Waals surface area (Å²) in [6, 6.07) is 4.53. The van der Waals surface area contributed by atoms with Crippen LogP contribution in [0.25, 0.3) is 11.0 Å². The summed E-state index contributed by atoms with van der Waals surface area (Å²) >= 11 is 0. The van der Waals surface area contributed by atoms with Crippen molar-refractivity contribution in [3.8, 4) is 0 Å².